The monoisotopic (exact) mass is 615 g/mol. The molecule has 2 heterocycles. The summed E-state index contributed by atoms with van der Waals surface area (Å²) in [5.41, 5.74) is 9.52. The molecule has 48 heavy (non-hydrogen) atoms. The van der Waals surface area contributed by atoms with Gasteiger partial charge in [-0.25, -0.2) is 15.0 Å². The van der Waals surface area contributed by atoms with Gasteiger partial charge in [0.15, 0.2) is 17.5 Å². The van der Waals surface area contributed by atoms with Crippen LogP contribution in [0, 0.1) is 0 Å². The topological polar surface area (TPSA) is 51.8 Å². The molecule has 0 amide bonds. The summed E-state index contributed by atoms with van der Waals surface area (Å²) in [6, 6.07) is 48.8. The number of benzene rings is 7. The van der Waals surface area contributed by atoms with E-state index in [0.717, 1.165) is 49.4 Å². The highest BCUT2D eigenvalue weighted by Gasteiger charge is 2.38. The molecule has 2 aromatic heterocycles. The van der Waals surface area contributed by atoms with E-state index in [1.807, 2.05) is 30.3 Å². The minimum absolute atomic E-state index is 0.168. The molecule has 226 valence electrons. The van der Waals surface area contributed by atoms with Gasteiger partial charge in [-0.1, -0.05) is 129 Å². The van der Waals surface area contributed by atoms with E-state index in [1.54, 1.807) is 0 Å². The van der Waals surface area contributed by atoms with Crippen molar-refractivity contribution in [3.63, 3.8) is 0 Å². The Morgan fingerprint density at radius 2 is 1.12 bits per heavy atom. The third kappa shape index (κ3) is 3.86. The Labute approximate surface area is 277 Å². The van der Waals surface area contributed by atoms with Gasteiger partial charge in [0.1, 0.15) is 11.2 Å². The molecule has 0 atom stereocenters. The number of fused-ring (bicyclic) bond motifs is 10. The Kier molecular flexibility index (Phi) is 5.59. The van der Waals surface area contributed by atoms with Crippen molar-refractivity contribution in [2.24, 2.45) is 0 Å². The van der Waals surface area contributed by atoms with E-state index in [1.165, 1.54) is 33.0 Å². The van der Waals surface area contributed by atoms with Crippen molar-refractivity contribution in [1.82, 2.24) is 15.0 Å². The fourth-order valence-corrected chi connectivity index (χ4v) is 7.80. The highest BCUT2D eigenvalue weighted by atomic mass is 16.3. The molecule has 9 aromatic rings. The fourth-order valence-electron chi connectivity index (χ4n) is 7.80. The van der Waals surface area contributed by atoms with E-state index in [-0.39, 0.29) is 5.41 Å². The molecule has 0 bridgehead atoms. The average molecular weight is 616 g/mol. The molecule has 0 saturated heterocycles. The van der Waals surface area contributed by atoms with Crippen LogP contribution in [0.4, 0.5) is 0 Å². The zero-order valence-corrected chi connectivity index (χ0v) is 26.5. The van der Waals surface area contributed by atoms with E-state index in [0.29, 0.717) is 17.5 Å². The SMILES string of the molecule is CC1(C)c2ccccc2-c2ccc3c(oc4cc(-c5nc(-c6ccccc6)nc(-c6cc7ccccc7c7ccccc67)n5)ccc43)c21. The van der Waals surface area contributed by atoms with E-state index in [9.17, 15) is 0 Å². The van der Waals surface area contributed by atoms with Crippen molar-refractivity contribution < 1.29 is 4.42 Å². The minimum Gasteiger partial charge on any atom is -0.456 e. The third-order valence-corrected chi connectivity index (χ3v) is 10.1. The molecule has 0 radical (unpaired) electrons. The van der Waals surface area contributed by atoms with Crippen LogP contribution in [0.1, 0.15) is 25.0 Å². The predicted octanol–water partition coefficient (Wildman–Crippen LogP) is 11.4. The van der Waals surface area contributed by atoms with Crippen LogP contribution in [-0.4, -0.2) is 15.0 Å². The quantitative estimate of drug-likeness (QED) is 0.186. The molecule has 0 saturated carbocycles. The van der Waals surface area contributed by atoms with Crippen molar-refractivity contribution in [2.75, 3.05) is 0 Å². The van der Waals surface area contributed by atoms with E-state index >= 15 is 0 Å². The predicted molar refractivity (Wildman–Crippen MR) is 196 cm³/mol. The van der Waals surface area contributed by atoms with Gasteiger partial charge in [-0.15, -0.1) is 0 Å². The highest BCUT2D eigenvalue weighted by molar-refractivity contribution is 6.13. The van der Waals surface area contributed by atoms with Crippen LogP contribution in [0.5, 0.6) is 0 Å². The van der Waals surface area contributed by atoms with Crippen LogP contribution in [-0.2, 0) is 5.41 Å². The Hall–Kier alpha value is -6.13. The first kappa shape index (κ1) is 27.0. The van der Waals surface area contributed by atoms with Gasteiger partial charge in [0.05, 0.1) is 0 Å². The summed E-state index contributed by atoms with van der Waals surface area (Å²) in [7, 11) is 0. The summed E-state index contributed by atoms with van der Waals surface area (Å²) >= 11 is 0. The maximum absolute atomic E-state index is 6.79. The van der Waals surface area contributed by atoms with Crippen LogP contribution in [0.3, 0.4) is 0 Å². The summed E-state index contributed by atoms with van der Waals surface area (Å²) in [5.74, 6) is 1.88. The zero-order chi connectivity index (χ0) is 32.0. The third-order valence-electron chi connectivity index (χ3n) is 10.1. The van der Waals surface area contributed by atoms with Crippen LogP contribution in [0.2, 0.25) is 0 Å². The maximum atomic E-state index is 6.79. The Morgan fingerprint density at radius 3 is 1.98 bits per heavy atom. The molecule has 10 rings (SSSR count). The minimum atomic E-state index is -0.168. The van der Waals surface area contributed by atoms with Crippen molar-refractivity contribution in [3.05, 3.63) is 151 Å². The molecule has 0 fully saturated rings. The van der Waals surface area contributed by atoms with Crippen molar-refractivity contribution >= 4 is 43.5 Å². The summed E-state index contributed by atoms with van der Waals surface area (Å²) in [6.07, 6.45) is 0. The maximum Gasteiger partial charge on any atom is 0.164 e. The molecule has 4 heteroatoms. The van der Waals surface area contributed by atoms with Gasteiger partial charge in [0, 0.05) is 38.4 Å². The number of hydrogen-bond donors (Lipinski definition) is 0. The summed E-state index contributed by atoms with van der Waals surface area (Å²) in [6.45, 7) is 4.59. The lowest BCUT2D eigenvalue weighted by molar-refractivity contribution is 0.620. The zero-order valence-electron chi connectivity index (χ0n) is 26.5. The van der Waals surface area contributed by atoms with Crippen molar-refractivity contribution in [1.29, 1.82) is 0 Å². The molecule has 4 nitrogen and oxygen atoms in total. The molecule has 1 aliphatic rings. The first-order valence-corrected chi connectivity index (χ1v) is 16.4. The standard InChI is InChI=1S/C44H29N3O/c1-44(2)37-19-11-10-18-32(37)34-22-23-35-33-21-20-28(25-38(33)48-40(35)39(34)44)42-45-41(26-12-4-3-5-13-26)46-43(47-42)36-24-27-14-6-7-15-29(27)30-16-8-9-17-31(30)36/h3-25H,1-2H3. The molecule has 0 unspecified atom stereocenters. The Bertz CT molecular complexity index is 2760. The summed E-state index contributed by atoms with van der Waals surface area (Å²) in [5, 5.41) is 6.85. The Morgan fingerprint density at radius 1 is 0.458 bits per heavy atom. The normalized spacial score (nSPS) is 13.4. The van der Waals surface area contributed by atoms with Crippen LogP contribution < -0.4 is 0 Å². The number of nitrogens with zero attached hydrogens (tertiary/aromatic N) is 3. The van der Waals surface area contributed by atoms with E-state index in [4.69, 9.17) is 19.4 Å². The number of aromatic nitrogens is 3. The lowest BCUT2D eigenvalue weighted by atomic mass is 9.82. The summed E-state index contributed by atoms with van der Waals surface area (Å²) < 4.78 is 6.79. The van der Waals surface area contributed by atoms with Gasteiger partial charge in [-0.3, -0.25) is 0 Å². The second kappa shape index (κ2) is 9.93. The lowest BCUT2D eigenvalue weighted by Crippen LogP contribution is -2.15. The van der Waals surface area contributed by atoms with Crippen LogP contribution in [0.15, 0.2) is 144 Å². The van der Waals surface area contributed by atoms with Gasteiger partial charge in [0.2, 0.25) is 0 Å². The second-order valence-corrected chi connectivity index (χ2v) is 13.2. The Balaban J connectivity index is 1.19. The summed E-state index contributed by atoms with van der Waals surface area (Å²) in [4.78, 5) is 15.3. The first-order valence-electron chi connectivity index (χ1n) is 16.4. The molecule has 0 spiro atoms. The van der Waals surface area contributed by atoms with Crippen molar-refractivity contribution in [3.8, 4) is 45.3 Å². The van der Waals surface area contributed by atoms with Gasteiger partial charge < -0.3 is 4.42 Å². The van der Waals surface area contributed by atoms with E-state index in [2.05, 4.69) is 123 Å². The van der Waals surface area contributed by atoms with Crippen LogP contribution in [0.25, 0.3) is 88.8 Å². The molecular weight excluding hydrogens is 587 g/mol. The number of rotatable bonds is 3. The molecular formula is C44H29N3O. The average Bonchev–Trinajstić information content (AvgIpc) is 3.63. The highest BCUT2D eigenvalue weighted by Crippen LogP contribution is 2.52. The van der Waals surface area contributed by atoms with E-state index < -0.39 is 0 Å². The lowest BCUT2D eigenvalue weighted by Gasteiger charge is -2.21. The molecule has 0 aliphatic heterocycles. The van der Waals surface area contributed by atoms with Gasteiger partial charge in [-0.05, 0) is 62.5 Å². The van der Waals surface area contributed by atoms with Crippen molar-refractivity contribution in [2.45, 2.75) is 19.3 Å². The van der Waals surface area contributed by atoms with Crippen LogP contribution >= 0.6 is 0 Å². The molecule has 0 N–H and O–H groups in total. The largest absolute Gasteiger partial charge is 0.456 e. The second-order valence-electron chi connectivity index (χ2n) is 13.2. The van der Waals surface area contributed by atoms with Gasteiger partial charge in [-0.2, -0.15) is 0 Å². The number of hydrogen-bond acceptors (Lipinski definition) is 4. The fraction of sp³-hybridized carbons (Fsp3) is 0.0682. The number of furan rings is 1. The molecule has 1 aliphatic carbocycles. The first-order chi connectivity index (χ1) is 23.5. The van der Waals surface area contributed by atoms with Gasteiger partial charge >= 0.3 is 0 Å². The smallest absolute Gasteiger partial charge is 0.164 e. The molecule has 7 aromatic carbocycles. The van der Waals surface area contributed by atoms with Gasteiger partial charge in [0.25, 0.3) is 0 Å².